The number of aryl methyl sites for hydroxylation is 1. The average molecular weight is 396 g/mol. The number of hydrogen-bond donors (Lipinski definition) is 2. The molecule has 2 aliphatic carbocycles. The van der Waals surface area contributed by atoms with Crippen LogP contribution in [0.4, 0.5) is 0 Å². The van der Waals surface area contributed by atoms with E-state index in [4.69, 9.17) is 4.52 Å². The Hall–Kier alpha value is -2.63. The highest BCUT2D eigenvalue weighted by Gasteiger charge is 2.33. The predicted octanol–water partition coefficient (Wildman–Crippen LogP) is 4.14. The van der Waals surface area contributed by atoms with Gasteiger partial charge in [-0.3, -0.25) is 9.59 Å². The van der Waals surface area contributed by atoms with Crippen LogP contribution in [0.2, 0.25) is 0 Å². The van der Waals surface area contributed by atoms with Crippen LogP contribution in [0.15, 0.2) is 34.9 Å². The van der Waals surface area contributed by atoms with Crippen LogP contribution in [0.3, 0.4) is 0 Å². The van der Waals surface area contributed by atoms with Gasteiger partial charge in [0.25, 0.3) is 5.91 Å². The zero-order chi connectivity index (χ0) is 20.2. The van der Waals surface area contributed by atoms with Crippen molar-refractivity contribution in [1.82, 2.24) is 10.5 Å². The van der Waals surface area contributed by atoms with Crippen molar-refractivity contribution in [3.63, 3.8) is 0 Å². The van der Waals surface area contributed by atoms with Crippen molar-refractivity contribution in [3.8, 4) is 5.75 Å². The number of Topliss-reactive ketones (excluding diaryl/α,β-unsaturated/α-hetero) is 1. The monoisotopic (exact) mass is 396 g/mol. The van der Waals surface area contributed by atoms with Crippen molar-refractivity contribution in [2.24, 2.45) is 5.92 Å². The summed E-state index contributed by atoms with van der Waals surface area (Å²) in [6, 6.07) is 8.25. The van der Waals surface area contributed by atoms with E-state index in [-0.39, 0.29) is 35.5 Å². The average Bonchev–Trinajstić information content (AvgIpc) is 3.48. The molecule has 0 aliphatic heterocycles. The largest absolute Gasteiger partial charge is 0.508 e. The number of aromatic hydroxyl groups is 1. The lowest BCUT2D eigenvalue weighted by Gasteiger charge is -2.29. The van der Waals surface area contributed by atoms with Gasteiger partial charge in [0, 0.05) is 18.4 Å². The molecule has 1 unspecified atom stereocenters. The zero-order valence-corrected chi connectivity index (χ0v) is 16.6. The number of para-hydroxylation sites is 1. The smallest absolute Gasteiger partial charge is 0.274 e. The van der Waals surface area contributed by atoms with E-state index in [0.29, 0.717) is 12.3 Å². The van der Waals surface area contributed by atoms with E-state index in [1.807, 2.05) is 12.1 Å². The number of benzene rings is 1. The molecule has 1 atom stereocenters. The highest BCUT2D eigenvalue weighted by Crippen LogP contribution is 2.40. The summed E-state index contributed by atoms with van der Waals surface area (Å²) in [5.74, 6) is 1.17. The number of nitrogens with zero attached hydrogens (tertiary/aromatic N) is 1. The molecule has 2 N–H and O–H groups in total. The summed E-state index contributed by atoms with van der Waals surface area (Å²) in [6.07, 6.45) is 8.12. The summed E-state index contributed by atoms with van der Waals surface area (Å²) in [5.41, 5.74) is 1.00. The Kier molecular flexibility index (Phi) is 5.97. The van der Waals surface area contributed by atoms with Gasteiger partial charge >= 0.3 is 0 Å². The normalized spacial score (nSPS) is 18.3. The SMILES string of the molecule is O=C(NC(C(=O)CCc1ccccc1O)C1CCCCC1)c1cc(C2CC2)on1. The highest BCUT2D eigenvalue weighted by atomic mass is 16.5. The van der Waals surface area contributed by atoms with Crippen LogP contribution in [0.5, 0.6) is 5.75 Å². The van der Waals surface area contributed by atoms with E-state index in [2.05, 4.69) is 10.5 Å². The molecule has 2 fully saturated rings. The molecule has 2 aliphatic rings. The van der Waals surface area contributed by atoms with Crippen molar-refractivity contribution in [2.75, 3.05) is 0 Å². The minimum absolute atomic E-state index is 0.0133. The molecular weight excluding hydrogens is 368 g/mol. The lowest BCUT2D eigenvalue weighted by Crippen LogP contribution is -2.46. The Labute approximate surface area is 170 Å². The molecule has 1 amide bonds. The molecule has 2 saturated carbocycles. The first-order valence-corrected chi connectivity index (χ1v) is 10.7. The van der Waals surface area contributed by atoms with Gasteiger partial charge in [0.05, 0.1) is 6.04 Å². The fourth-order valence-electron chi connectivity index (χ4n) is 4.24. The Morgan fingerprint density at radius 3 is 2.62 bits per heavy atom. The van der Waals surface area contributed by atoms with Crippen LogP contribution in [-0.4, -0.2) is 28.0 Å². The number of phenolic OH excluding ortho intramolecular Hbond substituents is 1. The standard InChI is InChI=1S/C23H28N2O4/c26-19-9-5-4-6-15(19)12-13-20(27)22(17-7-2-1-3-8-17)24-23(28)18-14-21(29-25-18)16-10-11-16/h4-6,9,14,16-17,22,26H,1-3,7-8,10-13H2,(H,24,28). The molecule has 0 saturated heterocycles. The van der Waals surface area contributed by atoms with Crippen molar-refractivity contribution < 1.29 is 19.2 Å². The van der Waals surface area contributed by atoms with Gasteiger partial charge in [-0.2, -0.15) is 0 Å². The quantitative estimate of drug-likeness (QED) is 0.700. The number of nitrogens with one attached hydrogen (secondary N) is 1. The number of hydrogen-bond acceptors (Lipinski definition) is 5. The van der Waals surface area contributed by atoms with E-state index >= 15 is 0 Å². The number of ketones is 1. The molecule has 1 aromatic heterocycles. The molecule has 0 radical (unpaired) electrons. The molecule has 0 spiro atoms. The summed E-state index contributed by atoms with van der Waals surface area (Å²) < 4.78 is 5.29. The van der Waals surface area contributed by atoms with E-state index in [0.717, 1.165) is 49.8 Å². The van der Waals surface area contributed by atoms with Crippen molar-refractivity contribution in [2.45, 2.75) is 69.7 Å². The molecule has 1 heterocycles. The van der Waals surface area contributed by atoms with Crippen molar-refractivity contribution in [1.29, 1.82) is 0 Å². The van der Waals surface area contributed by atoms with Gasteiger partial charge in [0.1, 0.15) is 11.5 Å². The first-order chi connectivity index (χ1) is 14.1. The summed E-state index contributed by atoms with van der Waals surface area (Å²) >= 11 is 0. The Morgan fingerprint density at radius 2 is 1.90 bits per heavy atom. The molecule has 2 aromatic rings. The van der Waals surface area contributed by atoms with Gasteiger partial charge in [-0.25, -0.2) is 0 Å². The van der Waals surface area contributed by atoms with Gasteiger partial charge in [-0.1, -0.05) is 42.6 Å². The van der Waals surface area contributed by atoms with Crippen LogP contribution >= 0.6 is 0 Å². The maximum atomic E-state index is 13.1. The van der Waals surface area contributed by atoms with Crippen LogP contribution in [0, 0.1) is 5.92 Å². The third-order valence-corrected chi connectivity index (χ3v) is 6.13. The molecule has 29 heavy (non-hydrogen) atoms. The maximum Gasteiger partial charge on any atom is 0.274 e. The van der Waals surface area contributed by atoms with Gasteiger partial charge < -0.3 is 14.9 Å². The predicted molar refractivity (Wildman–Crippen MR) is 108 cm³/mol. The first kappa shape index (κ1) is 19.7. The number of phenols is 1. The van der Waals surface area contributed by atoms with Gasteiger partial charge in [0.2, 0.25) is 0 Å². The third kappa shape index (κ3) is 4.86. The lowest BCUT2D eigenvalue weighted by molar-refractivity contribution is -0.122. The van der Waals surface area contributed by atoms with Gasteiger partial charge in [-0.15, -0.1) is 0 Å². The van der Waals surface area contributed by atoms with Crippen LogP contribution in [0.1, 0.15) is 79.1 Å². The Balaban J connectivity index is 1.44. The second kappa shape index (κ2) is 8.80. The summed E-state index contributed by atoms with van der Waals surface area (Å²) in [6.45, 7) is 0. The van der Waals surface area contributed by atoms with Gasteiger partial charge in [0.15, 0.2) is 11.5 Å². The number of aromatic nitrogens is 1. The fraction of sp³-hybridized carbons (Fsp3) is 0.522. The Morgan fingerprint density at radius 1 is 1.14 bits per heavy atom. The number of carbonyl (C=O) groups excluding carboxylic acids is 2. The summed E-state index contributed by atoms with van der Waals surface area (Å²) in [5, 5.41) is 16.8. The van der Waals surface area contributed by atoms with Crippen LogP contribution < -0.4 is 5.32 Å². The number of carbonyl (C=O) groups is 2. The minimum atomic E-state index is -0.519. The molecule has 0 bridgehead atoms. The molecular formula is C23H28N2O4. The van der Waals surface area contributed by atoms with E-state index in [1.54, 1.807) is 18.2 Å². The minimum Gasteiger partial charge on any atom is -0.508 e. The zero-order valence-electron chi connectivity index (χ0n) is 16.6. The second-order valence-corrected chi connectivity index (χ2v) is 8.33. The Bertz CT molecular complexity index is 865. The number of amides is 1. The first-order valence-electron chi connectivity index (χ1n) is 10.7. The summed E-state index contributed by atoms with van der Waals surface area (Å²) in [4.78, 5) is 25.8. The van der Waals surface area contributed by atoms with Crippen LogP contribution in [-0.2, 0) is 11.2 Å². The molecule has 6 heteroatoms. The van der Waals surface area contributed by atoms with Gasteiger partial charge in [-0.05, 0) is 49.7 Å². The van der Waals surface area contributed by atoms with E-state index in [9.17, 15) is 14.7 Å². The second-order valence-electron chi connectivity index (χ2n) is 8.33. The lowest BCUT2D eigenvalue weighted by atomic mass is 9.81. The fourth-order valence-corrected chi connectivity index (χ4v) is 4.24. The molecule has 1 aromatic carbocycles. The van der Waals surface area contributed by atoms with Crippen molar-refractivity contribution >= 4 is 11.7 Å². The van der Waals surface area contributed by atoms with E-state index in [1.165, 1.54) is 6.42 Å². The highest BCUT2D eigenvalue weighted by molar-refractivity contribution is 5.96. The van der Waals surface area contributed by atoms with Crippen LogP contribution in [0.25, 0.3) is 0 Å². The van der Waals surface area contributed by atoms with Crippen molar-refractivity contribution in [3.05, 3.63) is 47.3 Å². The third-order valence-electron chi connectivity index (χ3n) is 6.13. The summed E-state index contributed by atoms with van der Waals surface area (Å²) in [7, 11) is 0. The molecule has 6 nitrogen and oxygen atoms in total. The molecule has 154 valence electrons. The van der Waals surface area contributed by atoms with E-state index < -0.39 is 6.04 Å². The number of rotatable bonds is 8. The molecule has 4 rings (SSSR count). The topological polar surface area (TPSA) is 92.4 Å². The maximum absolute atomic E-state index is 13.1.